The summed E-state index contributed by atoms with van der Waals surface area (Å²) in [5.41, 5.74) is 2.33. The summed E-state index contributed by atoms with van der Waals surface area (Å²) in [5, 5.41) is 0. The highest BCUT2D eigenvalue weighted by Gasteiger charge is 2.25. The third kappa shape index (κ3) is 3.80. The Hall–Kier alpha value is -3.00. The molecule has 0 amide bonds. The van der Waals surface area contributed by atoms with Crippen LogP contribution in [0.5, 0.6) is 5.75 Å². The Morgan fingerprint density at radius 3 is 2.69 bits per heavy atom. The monoisotopic (exact) mass is 372 g/mol. The van der Waals surface area contributed by atoms with Crippen molar-refractivity contribution in [1.82, 2.24) is 8.75 Å². The van der Waals surface area contributed by atoms with Crippen molar-refractivity contribution >= 4 is 34.7 Å². The lowest BCUT2D eigenvalue weighted by molar-refractivity contribution is -0.151. The number of benzene rings is 2. The Morgan fingerprint density at radius 1 is 1.12 bits per heavy atom. The third-order valence-electron chi connectivity index (χ3n) is 3.59. The molecular weight excluding hydrogens is 356 g/mol. The van der Waals surface area contributed by atoms with Crippen molar-refractivity contribution in [1.29, 1.82) is 0 Å². The third-order valence-corrected chi connectivity index (χ3v) is 4.15. The zero-order valence-corrected chi connectivity index (χ0v) is 15.0. The van der Waals surface area contributed by atoms with Crippen molar-refractivity contribution < 1.29 is 23.8 Å². The van der Waals surface area contributed by atoms with Gasteiger partial charge in [-0.25, -0.2) is 9.59 Å². The minimum absolute atomic E-state index is 0.224. The van der Waals surface area contributed by atoms with Crippen molar-refractivity contribution in [2.45, 2.75) is 13.0 Å². The number of hydrogen-bond donors (Lipinski definition) is 0. The van der Waals surface area contributed by atoms with Crippen LogP contribution in [0, 0.1) is 0 Å². The van der Waals surface area contributed by atoms with Gasteiger partial charge in [0.1, 0.15) is 16.8 Å². The van der Waals surface area contributed by atoms with Crippen LogP contribution in [0.3, 0.4) is 0 Å². The Labute approximate surface area is 153 Å². The van der Waals surface area contributed by atoms with Gasteiger partial charge in [-0.15, -0.1) is 0 Å². The fraction of sp³-hybridized carbons (Fsp3) is 0.222. The zero-order chi connectivity index (χ0) is 18.5. The fourth-order valence-electron chi connectivity index (χ4n) is 2.38. The quantitative estimate of drug-likeness (QED) is 0.614. The largest absolute Gasteiger partial charge is 0.474 e. The van der Waals surface area contributed by atoms with Crippen LogP contribution in [0.2, 0.25) is 0 Å². The average molecular weight is 372 g/mol. The van der Waals surface area contributed by atoms with E-state index in [1.807, 2.05) is 0 Å². The molecule has 0 spiro atoms. The van der Waals surface area contributed by atoms with E-state index in [1.165, 1.54) is 13.2 Å². The molecule has 0 aliphatic carbocycles. The van der Waals surface area contributed by atoms with Gasteiger partial charge in [-0.05, 0) is 37.3 Å². The van der Waals surface area contributed by atoms with E-state index in [9.17, 15) is 9.59 Å². The summed E-state index contributed by atoms with van der Waals surface area (Å²) in [4.78, 5) is 24.1. The van der Waals surface area contributed by atoms with Gasteiger partial charge in [0.25, 0.3) is 0 Å². The lowest BCUT2D eigenvalue weighted by Gasteiger charge is -2.18. The summed E-state index contributed by atoms with van der Waals surface area (Å²) in [5.74, 6) is -0.668. The van der Waals surface area contributed by atoms with Crippen LogP contribution in [0.25, 0.3) is 11.0 Å². The van der Waals surface area contributed by atoms with Crippen LogP contribution in [0.4, 0.5) is 0 Å². The molecule has 0 fully saturated rings. The van der Waals surface area contributed by atoms with Crippen LogP contribution in [-0.2, 0) is 14.3 Å². The minimum atomic E-state index is -0.992. The molecule has 0 saturated heterocycles. The summed E-state index contributed by atoms with van der Waals surface area (Å²) >= 11 is 1.10. The molecular formula is C18H16N2O5S. The van der Waals surface area contributed by atoms with E-state index in [0.717, 1.165) is 17.2 Å². The van der Waals surface area contributed by atoms with Crippen LogP contribution in [-0.4, -0.2) is 34.4 Å². The highest BCUT2D eigenvalue weighted by atomic mass is 32.1. The van der Waals surface area contributed by atoms with Gasteiger partial charge in [-0.2, -0.15) is 8.75 Å². The van der Waals surface area contributed by atoms with E-state index in [2.05, 4.69) is 8.75 Å². The van der Waals surface area contributed by atoms with Crippen molar-refractivity contribution in [2.24, 2.45) is 0 Å². The van der Waals surface area contributed by atoms with Crippen LogP contribution in [0.15, 0.2) is 42.5 Å². The Morgan fingerprint density at radius 2 is 1.92 bits per heavy atom. The number of aromatic nitrogens is 2. The summed E-state index contributed by atoms with van der Waals surface area (Å²) in [6, 6.07) is 11.7. The first-order valence-corrected chi connectivity index (χ1v) is 8.59. The van der Waals surface area contributed by atoms with Crippen LogP contribution >= 0.6 is 11.7 Å². The van der Waals surface area contributed by atoms with E-state index < -0.39 is 18.0 Å². The summed E-state index contributed by atoms with van der Waals surface area (Å²) in [7, 11) is 1.30. The lowest BCUT2D eigenvalue weighted by atomic mass is 10.1. The van der Waals surface area contributed by atoms with E-state index in [-0.39, 0.29) is 6.61 Å². The minimum Gasteiger partial charge on any atom is -0.474 e. The second-order valence-corrected chi connectivity index (χ2v) is 5.81. The smallest absolute Gasteiger partial charge is 0.352 e. The number of nitrogens with zero attached hydrogens (tertiary/aromatic N) is 2. The van der Waals surface area contributed by atoms with Gasteiger partial charge in [-0.3, -0.25) is 0 Å². The molecule has 2 aromatic carbocycles. The summed E-state index contributed by atoms with van der Waals surface area (Å²) in [6.07, 6.45) is -0.992. The van der Waals surface area contributed by atoms with Gasteiger partial charge >= 0.3 is 11.9 Å². The van der Waals surface area contributed by atoms with Crippen molar-refractivity contribution in [3.05, 3.63) is 53.6 Å². The predicted octanol–water partition coefficient (Wildman–Crippen LogP) is 3.16. The number of hydrogen-bond acceptors (Lipinski definition) is 8. The van der Waals surface area contributed by atoms with Gasteiger partial charge in [0.2, 0.25) is 6.10 Å². The molecule has 0 saturated carbocycles. The number of carbonyl (C=O) groups excluding carboxylic acids is 2. The number of esters is 2. The van der Waals surface area contributed by atoms with E-state index in [4.69, 9.17) is 14.2 Å². The molecule has 1 heterocycles. The number of ether oxygens (including phenoxy) is 3. The van der Waals surface area contributed by atoms with Crippen LogP contribution < -0.4 is 4.74 Å². The molecule has 26 heavy (non-hydrogen) atoms. The lowest BCUT2D eigenvalue weighted by Crippen LogP contribution is -2.21. The van der Waals surface area contributed by atoms with Crippen molar-refractivity contribution in [3.63, 3.8) is 0 Å². The molecule has 1 aromatic heterocycles. The number of carbonyl (C=O) groups is 2. The van der Waals surface area contributed by atoms with Gasteiger partial charge in [0.05, 0.1) is 31.0 Å². The maximum absolute atomic E-state index is 12.4. The van der Waals surface area contributed by atoms with Crippen molar-refractivity contribution in [3.8, 4) is 5.75 Å². The van der Waals surface area contributed by atoms with Gasteiger partial charge < -0.3 is 14.2 Å². The van der Waals surface area contributed by atoms with Gasteiger partial charge in [0.15, 0.2) is 0 Å². The number of fused-ring (bicyclic) bond motifs is 1. The summed E-state index contributed by atoms with van der Waals surface area (Å²) in [6.45, 7) is 1.95. The molecule has 0 bridgehead atoms. The SMILES string of the molecule is CCOC(=O)C(Oc1cccc(C(=O)OC)c1)c1ccc2nsnc2c1. The van der Waals surface area contributed by atoms with E-state index in [1.54, 1.807) is 43.3 Å². The summed E-state index contributed by atoms with van der Waals surface area (Å²) < 4.78 is 24.0. The number of rotatable bonds is 6. The maximum atomic E-state index is 12.4. The Bertz CT molecular complexity index is 940. The molecule has 1 atom stereocenters. The first kappa shape index (κ1) is 17.8. The van der Waals surface area contributed by atoms with E-state index >= 15 is 0 Å². The molecule has 7 nitrogen and oxygen atoms in total. The predicted molar refractivity (Wildman–Crippen MR) is 95.2 cm³/mol. The molecule has 1 unspecified atom stereocenters. The Balaban J connectivity index is 1.94. The van der Waals surface area contributed by atoms with Gasteiger partial charge in [0, 0.05) is 5.56 Å². The highest BCUT2D eigenvalue weighted by Crippen LogP contribution is 2.26. The van der Waals surface area contributed by atoms with E-state index in [0.29, 0.717) is 22.4 Å². The molecule has 0 N–H and O–H groups in total. The normalized spacial score (nSPS) is 11.8. The molecule has 3 rings (SSSR count). The molecule has 0 aliphatic heterocycles. The standard InChI is InChI=1S/C18H16N2O5S/c1-3-24-18(22)16(11-7-8-14-15(10-11)20-26-19-14)25-13-6-4-5-12(9-13)17(21)23-2/h4-10,16H,3H2,1-2H3. The first-order valence-electron chi connectivity index (χ1n) is 7.86. The fourth-order valence-corrected chi connectivity index (χ4v) is 2.90. The average Bonchev–Trinajstić information content (AvgIpc) is 3.13. The molecule has 0 aliphatic rings. The first-order chi connectivity index (χ1) is 12.6. The topological polar surface area (TPSA) is 87.6 Å². The second-order valence-electron chi connectivity index (χ2n) is 5.28. The van der Waals surface area contributed by atoms with Gasteiger partial charge in [-0.1, -0.05) is 12.1 Å². The maximum Gasteiger partial charge on any atom is 0.352 e. The van der Waals surface area contributed by atoms with Crippen LogP contribution in [0.1, 0.15) is 28.9 Å². The molecule has 3 aromatic rings. The van der Waals surface area contributed by atoms with Crippen molar-refractivity contribution in [2.75, 3.05) is 13.7 Å². The molecule has 8 heteroatoms. The zero-order valence-electron chi connectivity index (χ0n) is 14.2. The highest BCUT2D eigenvalue weighted by molar-refractivity contribution is 7.00. The molecule has 0 radical (unpaired) electrons. The number of methoxy groups -OCH3 is 1. The Kier molecular flexibility index (Phi) is 5.43. The second kappa shape index (κ2) is 7.92. The molecule has 134 valence electrons.